The van der Waals surface area contributed by atoms with Crippen LogP contribution in [0, 0.1) is 0 Å². The van der Waals surface area contributed by atoms with E-state index in [-0.39, 0.29) is 29.2 Å². The number of anilines is 1. The van der Waals surface area contributed by atoms with Crippen LogP contribution in [0.4, 0.5) is 14.5 Å². The maximum Gasteiger partial charge on any atom is 0.387 e. The Balaban J connectivity index is 1.72. The van der Waals surface area contributed by atoms with Crippen molar-refractivity contribution < 1.29 is 27.5 Å². The first kappa shape index (κ1) is 19.1. The lowest BCUT2D eigenvalue weighted by Gasteiger charge is -2.08. The Morgan fingerprint density at radius 3 is 2.79 bits per heavy atom. The van der Waals surface area contributed by atoms with Crippen LogP contribution in [0.5, 0.6) is 5.75 Å². The van der Waals surface area contributed by atoms with Gasteiger partial charge in [-0.2, -0.15) is 13.9 Å². The summed E-state index contributed by atoms with van der Waals surface area (Å²) < 4.78 is 35.5. The summed E-state index contributed by atoms with van der Waals surface area (Å²) in [6.07, 6.45) is 2.94. The van der Waals surface area contributed by atoms with E-state index in [1.807, 2.05) is 0 Å². The molecule has 0 spiro atoms. The number of nitrogens with zero attached hydrogens (tertiary/aromatic N) is 2. The fourth-order valence-corrected chi connectivity index (χ4v) is 2.42. The lowest BCUT2D eigenvalue weighted by molar-refractivity contribution is -0.0498. The van der Waals surface area contributed by atoms with E-state index in [2.05, 4.69) is 20.5 Å². The number of carbonyl (C=O) groups excluding carboxylic acids is 2. The van der Waals surface area contributed by atoms with Crippen LogP contribution in [0.2, 0.25) is 0 Å². The van der Waals surface area contributed by atoms with Crippen molar-refractivity contribution in [2.45, 2.75) is 13.2 Å². The van der Waals surface area contributed by atoms with Crippen molar-refractivity contribution in [3.05, 3.63) is 65.9 Å². The number of hydrogen-bond acceptors (Lipinski definition) is 5. The molecule has 0 atom stereocenters. The molecule has 146 valence electrons. The van der Waals surface area contributed by atoms with E-state index in [1.165, 1.54) is 41.4 Å². The molecule has 0 aliphatic heterocycles. The van der Waals surface area contributed by atoms with Gasteiger partial charge in [0.25, 0.3) is 11.8 Å². The predicted molar refractivity (Wildman–Crippen MR) is 94.1 cm³/mol. The number of hydrogen-bond donors (Lipinski definition) is 2. The Kier molecular flexibility index (Phi) is 5.68. The number of benzene rings is 1. The number of amides is 2. The zero-order valence-corrected chi connectivity index (χ0v) is 14.7. The van der Waals surface area contributed by atoms with Crippen molar-refractivity contribution in [1.82, 2.24) is 15.1 Å². The second-order valence-electron chi connectivity index (χ2n) is 5.69. The summed E-state index contributed by atoms with van der Waals surface area (Å²) in [4.78, 5) is 24.8. The molecule has 0 unspecified atom stereocenters. The zero-order chi connectivity index (χ0) is 20.1. The number of rotatable bonds is 7. The Morgan fingerprint density at radius 2 is 2.07 bits per heavy atom. The van der Waals surface area contributed by atoms with E-state index >= 15 is 0 Å². The summed E-state index contributed by atoms with van der Waals surface area (Å²) >= 11 is 0. The third-order valence-corrected chi connectivity index (χ3v) is 3.62. The normalized spacial score (nSPS) is 10.7. The fourth-order valence-electron chi connectivity index (χ4n) is 2.42. The molecular weight excluding hydrogens is 374 g/mol. The maximum atomic E-state index is 12.4. The molecule has 2 amide bonds. The molecule has 0 radical (unpaired) electrons. The van der Waals surface area contributed by atoms with E-state index < -0.39 is 18.4 Å². The zero-order valence-electron chi connectivity index (χ0n) is 14.7. The van der Waals surface area contributed by atoms with E-state index in [1.54, 1.807) is 19.2 Å². The van der Waals surface area contributed by atoms with E-state index in [4.69, 9.17) is 4.42 Å². The van der Waals surface area contributed by atoms with Gasteiger partial charge in [0.05, 0.1) is 18.5 Å². The number of ether oxygens (including phenoxy) is 1. The van der Waals surface area contributed by atoms with Crippen LogP contribution in [0.3, 0.4) is 0 Å². The van der Waals surface area contributed by atoms with Gasteiger partial charge in [0.1, 0.15) is 11.5 Å². The van der Waals surface area contributed by atoms with Crippen LogP contribution in [0.1, 0.15) is 26.6 Å². The molecule has 0 saturated heterocycles. The van der Waals surface area contributed by atoms with Gasteiger partial charge in [0.2, 0.25) is 0 Å². The van der Waals surface area contributed by atoms with Gasteiger partial charge in [-0.05, 0) is 30.3 Å². The molecule has 0 bridgehead atoms. The Bertz CT molecular complexity index is 970. The van der Waals surface area contributed by atoms with Crippen LogP contribution < -0.4 is 15.4 Å². The van der Waals surface area contributed by atoms with Crippen LogP contribution in [0.15, 0.2) is 53.3 Å². The number of carbonyl (C=O) groups is 2. The standard InChI is InChI=1S/C18H16F2N4O4/c1-24-10-14(15(23-24)17(26)21-9-13-6-3-7-27-13)22-16(25)11-4-2-5-12(8-11)28-18(19)20/h2-8,10,18H,9H2,1H3,(H,21,26)(H,22,25). The van der Waals surface area contributed by atoms with Crippen molar-refractivity contribution in [2.24, 2.45) is 7.05 Å². The van der Waals surface area contributed by atoms with Crippen molar-refractivity contribution in [1.29, 1.82) is 0 Å². The first-order valence-electron chi connectivity index (χ1n) is 8.13. The van der Waals surface area contributed by atoms with Gasteiger partial charge in [-0.3, -0.25) is 14.3 Å². The Labute approximate surface area is 158 Å². The number of furan rings is 1. The molecule has 2 heterocycles. The van der Waals surface area contributed by atoms with Crippen molar-refractivity contribution in [3.8, 4) is 5.75 Å². The highest BCUT2D eigenvalue weighted by molar-refractivity contribution is 6.08. The van der Waals surface area contributed by atoms with E-state index in [0.717, 1.165) is 0 Å². The minimum atomic E-state index is -3.00. The summed E-state index contributed by atoms with van der Waals surface area (Å²) in [5, 5.41) is 9.24. The van der Waals surface area contributed by atoms with Gasteiger partial charge in [0, 0.05) is 18.8 Å². The van der Waals surface area contributed by atoms with Crippen molar-refractivity contribution in [2.75, 3.05) is 5.32 Å². The van der Waals surface area contributed by atoms with E-state index in [9.17, 15) is 18.4 Å². The summed E-state index contributed by atoms with van der Waals surface area (Å²) in [5.41, 5.74) is 0.260. The molecule has 0 saturated carbocycles. The van der Waals surface area contributed by atoms with Crippen LogP contribution in [-0.2, 0) is 13.6 Å². The van der Waals surface area contributed by atoms with Gasteiger partial charge in [-0.15, -0.1) is 0 Å². The van der Waals surface area contributed by atoms with Gasteiger partial charge in [-0.1, -0.05) is 6.07 Å². The monoisotopic (exact) mass is 390 g/mol. The molecule has 0 fully saturated rings. The summed E-state index contributed by atoms with van der Waals surface area (Å²) in [6.45, 7) is -2.84. The first-order valence-corrected chi connectivity index (χ1v) is 8.13. The average Bonchev–Trinajstić information content (AvgIpc) is 3.29. The van der Waals surface area contributed by atoms with Crippen LogP contribution in [0.25, 0.3) is 0 Å². The Hall–Kier alpha value is -3.69. The lowest BCUT2D eigenvalue weighted by Crippen LogP contribution is -2.25. The quantitative estimate of drug-likeness (QED) is 0.646. The first-order chi connectivity index (χ1) is 13.4. The topological polar surface area (TPSA) is 98.4 Å². The SMILES string of the molecule is Cn1cc(NC(=O)c2cccc(OC(F)F)c2)c(C(=O)NCc2ccco2)n1. The summed E-state index contributed by atoms with van der Waals surface area (Å²) in [5.74, 6) is -0.703. The number of nitrogens with one attached hydrogen (secondary N) is 2. The Morgan fingerprint density at radius 1 is 1.25 bits per heavy atom. The molecule has 3 aromatic rings. The van der Waals surface area contributed by atoms with Crippen LogP contribution in [-0.4, -0.2) is 28.2 Å². The number of aromatic nitrogens is 2. The molecule has 0 aliphatic rings. The molecule has 2 aromatic heterocycles. The van der Waals surface area contributed by atoms with Crippen LogP contribution >= 0.6 is 0 Å². The highest BCUT2D eigenvalue weighted by Gasteiger charge is 2.19. The molecule has 0 aliphatic carbocycles. The molecule has 2 N–H and O–H groups in total. The molecule has 10 heteroatoms. The molecular formula is C18H16F2N4O4. The predicted octanol–water partition coefficient (Wildman–Crippen LogP) is 2.80. The van der Waals surface area contributed by atoms with Crippen molar-refractivity contribution >= 4 is 17.5 Å². The number of halogens is 2. The average molecular weight is 390 g/mol. The maximum absolute atomic E-state index is 12.4. The largest absolute Gasteiger partial charge is 0.467 e. The highest BCUT2D eigenvalue weighted by atomic mass is 19.3. The minimum absolute atomic E-state index is 0.00221. The third-order valence-electron chi connectivity index (χ3n) is 3.62. The number of aryl methyl sites for hydroxylation is 1. The van der Waals surface area contributed by atoms with Gasteiger partial charge in [-0.25, -0.2) is 0 Å². The molecule has 8 nitrogen and oxygen atoms in total. The van der Waals surface area contributed by atoms with Gasteiger partial charge < -0.3 is 19.8 Å². The minimum Gasteiger partial charge on any atom is -0.467 e. The summed E-state index contributed by atoms with van der Waals surface area (Å²) in [7, 11) is 1.59. The molecule has 3 rings (SSSR count). The van der Waals surface area contributed by atoms with Gasteiger partial charge in [0.15, 0.2) is 5.69 Å². The van der Waals surface area contributed by atoms with Gasteiger partial charge >= 0.3 is 6.61 Å². The third kappa shape index (κ3) is 4.72. The molecule has 28 heavy (non-hydrogen) atoms. The number of alkyl halides is 2. The lowest BCUT2D eigenvalue weighted by atomic mass is 10.2. The smallest absolute Gasteiger partial charge is 0.387 e. The second-order valence-corrected chi connectivity index (χ2v) is 5.69. The molecule has 1 aromatic carbocycles. The van der Waals surface area contributed by atoms with E-state index in [0.29, 0.717) is 5.76 Å². The highest BCUT2D eigenvalue weighted by Crippen LogP contribution is 2.19. The fraction of sp³-hybridized carbons (Fsp3) is 0.167. The summed E-state index contributed by atoms with van der Waals surface area (Å²) in [6, 6.07) is 8.72. The second kappa shape index (κ2) is 8.33. The van der Waals surface area contributed by atoms with Crippen molar-refractivity contribution in [3.63, 3.8) is 0 Å².